The summed E-state index contributed by atoms with van der Waals surface area (Å²) in [6.07, 6.45) is 0.510. The number of carboxylic acids is 1. The first-order valence-corrected chi connectivity index (χ1v) is 7.33. The predicted molar refractivity (Wildman–Crippen MR) is 81.9 cm³/mol. The first kappa shape index (κ1) is 15.2. The van der Waals surface area contributed by atoms with Crippen LogP contribution in [0, 0.1) is 13.8 Å². The number of carbonyl (C=O) groups excluding carboxylic acids is 1. The smallest absolute Gasteiger partial charge is 0.303 e. The minimum atomic E-state index is -0.835. The second kappa shape index (κ2) is 6.49. The molecule has 1 aromatic carbocycles. The lowest BCUT2D eigenvalue weighted by Gasteiger charge is -2.06. The van der Waals surface area contributed by atoms with E-state index in [0.29, 0.717) is 17.8 Å². The van der Waals surface area contributed by atoms with Gasteiger partial charge in [0.15, 0.2) is 0 Å². The third-order valence-corrected chi connectivity index (χ3v) is 3.82. The van der Waals surface area contributed by atoms with Crippen LogP contribution in [0.5, 0.6) is 0 Å². The van der Waals surface area contributed by atoms with Gasteiger partial charge in [0.1, 0.15) is 5.69 Å². The lowest BCUT2D eigenvalue weighted by Crippen LogP contribution is -2.13. The van der Waals surface area contributed by atoms with E-state index in [9.17, 15) is 9.59 Å². The Kier molecular flexibility index (Phi) is 4.70. The molecule has 1 amide bonds. The molecule has 0 radical (unpaired) electrons. The topological polar surface area (TPSA) is 79.3 Å². The zero-order chi connectivity index (χ0) is 15.4. The molecular formula is C15H16N2O3S. The summed E-state index contributed by atoms with van der Waals surface area (Å²) in [7, 11) is 0. The van der Waals surface area contributed by atoms with E-state index in [-0.39, 0.29) is 12.3 Å². The highest BCUT2D eigenvalue weighted by Gasteiger charge is 2.14. The number of aromatic nitrogens is 1. The highest BCUT2D eigenvalue weighted by molar-refractivity contribution is 7.11. The summed E-state index contributed by atoms with van der Waals surface area (Å²) >= 11 is 1.49. The molecule has 0 atom stereocenters. The molecule has 0 saturated carbocycles. The van der Waals surface area contributed by atoms with Crippen LogP contribution in [0.2, 0.25) is 0 Å². The van der Waals surface area contributed by atoms with E-state index in [0.717, 1.165) is 15.4 Å². The number of aliphatic carboxylic acids is 1. The molecule has 0 spiro atoms. The second-order valence-electron chi connectivity index (χ2n) is 4.69. The van der Waals surface area contributed by atoms with Gasteiger partial charge in [-0.25, -0.2) is 4.98 Å². The van der Waals surface area contributed by atoms with E-state index in [2.05, 4.69) is 10.3 Å². The van der Waals surface area contributed by atoms with Crippen molar-refractivity contribution in [1.82, 2.24) is 4.98 Å². The van der Waals surface area contributed by atoms with Crippen LogP contribution < -0.4 is 5.32 Å². The number of thiazole rings is 1. The van der Waals surface area contributed by atoms with Crippen molar-refractivity contribution in [3.8, 4) is 0 Å². The molecule has 1 aromatic heterocycles. The van der Waals surface area contributed by atoms with Gasteiger partial charge in [0.25, 0.3) is 5.91 Å². The highest BCUT2D eigenvalue weighted by atomic mass is 32.1. The van der Waals surface area contributed by atoms with Crippen molar-refractivity contribution in [2.75, 3.05) is 5.32 Å². The number of hydrogen-bond donors (Lipinski definition) is 2. The van der Waals surface area contributed by atoms with Gasteiger partial charge in [-0.05, 0) is 38.0 Å². The van der Waals surface area contributed by atoms with E-state index >= 15 is 0 Å². The summed E-state index contributed by atoms with van der Waals surface area (Å²) in [4.78, 5) is 27.8. The van der Waals surface area contributed by atoms with Crippen molar-refractivity contribution in [2.24, 2.45) is 0 Å². The number of carboxylic acid groups (broad SMARTS) is 1. The molecule has 2 N–H and O–H groups in total. The highest BCUT2D eigenvalue weighted by Crippen LogP contribution is 2.19. The molecule has 0 aliphatic carbocycles. The average molecular weight is 304 g/mol. The van der Waals surface area contributed by atoms with Gasteiger partial charge in [0.2, 0.25) is 0 Å². The fourth-order valence-electron chi connectivity index (χ4n) is 1.99. The molecule has 0 bridgehead atoms. The third-order valence-electron chi connectivity index (χ3n) is 2.93. The Bertz CT molecular complexity index is 679. The third kappa shape index (κ3) is 4.13. The molecule has 6 heteroatoms. The van der Waals surface area contributed by atoms with Gasteiger partial charge < -0.3 is 10.4 Å². The van der Waals surface area contributed by atoms with E-state index in [4.69, 9.17) is 5.11 Å². The fraction of sp³-hybridized carbons (Fsp3) is 0.267. The van der Waals surface area contributed by atoms with Crippen LogP contribution >= 0.6 is 11.3 Å². The van der Waals surface area contributed by atoms with Crippen molar-refractivity contribution < 1.29 is 14.7 Å². The first-order valence-electron chi connectivity index (χ1n) is 6.52. The Morgan fingerprint density at radius 3 is 2.71 bits per heavy atom. The van der Waals surface area contributed by atoms with Crippen LogP contribution in [-0.2, 0) is 11.2 Å². The van der Waals surface area contributed by atoms with E-state index in [1.807, 2.05) is 19.9 Å². The number of benzene rings is 1. The summed E-state index contributed by atoms with van der Waals surface area (Å²) in [5.74, 6) is -1.08. The van der Waals surface area contributed by atoms with Crippen molar-refractivity contribution in [3.63, 3.8) is 0 Å². The number of anilines is 1. The van der Waals surface area contributed by atoms with Crippen LogP contribution in [0.15, 0.2) is 24.3 Å². The molecule has 21 heavy (non-hydrogen) atoms. The Labute approximate surface area is 126 Å². The monoisotopic (exact) mass is 304 g/mol. The van der Waals surface area contributed by atoms with Crippen LogP contribution in [-0.4, -0.2) is 22.0 Å². The lowest BCUT2D eigenvalue weighted by atomic mass is 10.1. The maximum absolute atomic E-state index is 12.2. The average Bonchev–Trinajstić information content (AvgIpc) is 2.76. The standard InChI is InChI=1S/C15H16N2O3S/c1-9-14(16-10(2)21-9)15(20)17-12-5-3-4-11(8-12)6-7-13(18)19/h3-5,8H,6-7H2,1-2H3,(H,17,20)(H,18,19). The van der Waals surface area contributed by atoms with Crippen molar-refractivity contribution in [2.45, 2.75) is 26.7 Å². The second-order valence-corrected chi connectivity index (χ2v) is 6.09. The van der Waals surface area contributed by atoms with Crippen LogP contribution in [0.3, 0.4) is 0 Å². The number of amides is 1. The van der Waals surface area contributed by atoms with Crippen LogP contribution in [0.1, 0.15) is 32.4 Å². The maximum atomic E-state index is 12.2. The van der Waals surface area contributed by atoms with Crippen molar-refractivity contribution in [1.29, 1.82) is 0 Å². The number of rotatable bonds is 5. The van der Waals surface area contributed by atoms with Gasteiger partial charge in [-0.15, -0.1) is 11.3 Å². The van der Waals surface area contributed by atoms with Gasteiger partial charge in [-0.3, -0.25) is 9.59 Å². The molecular weight excluding hydrogens is 288 g/mol. The molecule has 110 valence electrons. The van der Waals surface area contributed by atoms with Gasteiger partial charge >= 0.3 is 5.97 Å². The summed E-state index contributed by atoms with van der Waals surface area (Å²) in [6, 6.07) is 7.20. The summed E-state index contributed by atoms with van der Waals surface area (Å²) < 4.78 is 0. The molecule has 0 aliphatic heterocycles. The Hall–Kier alpha value is -2.21. The summed E-state index contributed by atoms with van der Waals surface area (Å²) in [5, 5.41) is 12.3. The van der Waals surface area contributed by atoms with Gasteiger partial charge in [0, 0.05) is 17.0 Å². The Morgan fingerprint density at radius 1 is 1.33 bits per heavy atom. The number of hydrogen-bond acceptors (Lipinski definition) is 4. The van der Waals surface area contributed by atoms with E-state index in [1.165, 1.54) is 11.3 Å². The molecule has 1 heterocycles. The summed E-state index contributed by atoms with van der Waals surface area (Å²) in [5.41, 5.74) is 1.96. The molecule has 2 aromatic rings. The predicted octanol–water partition coefficient (Wildman–Crippen LogP) is 3.03. The molecule has 0 saturated heterocycles. The van der Waals surface area contributed by atoms with Gasteiger partial charge in [-0.2, -0.15) is 0 Å². The lowest BCUT2D eigenvalue weighted by molar-refractivity contribution is -0.136. The number of carbonyl (C=O) groups is 2. The fourth-order valence-corrected chi connectivity index (χ4v) is 2.80. The Balaban J connectivity index is 2.09. The molecule has 5 nitrogen and oxygen atoms in total. The van der Waals surface area contributed by atoms with Crippen LogP contribution in [0.4, 0.5) is 5.69 Å². The largest absolute Gasteiger partial charge is 0.481 e. The zero-order valence-electron chi connectivity index (χ0n) is 11.8. The zero-order valence-corrected chi connectivity index (χ0v) is 12.7. The number of aryl methyl sites for hydroxylation is 3. The van der Waals surface area contributed by atoms with E-state index in [1.54, 1.807) is 18.2 Å². The molecule has 0 fully saturated rings. The minimum Gasteiger partial charge on any atom is -0.481 e. The van der Waals surface area contributed by atoms with Gasteiger partial charge in [0.05, 0.1) is 5.01 Å². The quantitative estimate of drug-likeness (QED) is 0.890. The van der Waals surface area contributed by atoms with E-state index < -0.39 is 5.97 Å². The normalized spacial score (nSPS) is 10.4. The number of nitrogens with one attached hydrogen (secondary N) is 1. The van der Waals surface area contributed by atoms with Gasteiger partial charge in [-0.1, -0.05) is 12.1 Å². The minimum absolute atomic E-state index is 0.0712. The maximum Gasteiger partial charge on any atom is 0.303 e. The SMILES string of the molecule is Cc1nc(C(=O)Nc2cccc(CCC(=O)O)c2)c(C)s1. The van der Waals surface area contributed by atoms with Crippen molar-refractivity contribution >= 4 is 28.9 Å². The first-order chi connectivity index (χ1) is 9.95. The molecule has 0 aliphatic rings. The van der Waals surface area contributed by atoms with Crippen LogP contribution in [0.25, 0.3) is 0 Å². The summed E-state index contributed by atoms with van der Waals surface area (Å²) in [6.45, 7) is 3.73. The number of nitrogens with zero attached hydrogens (tertiary/aromatic N) is 1. The molecule has 0 unspecified atom stereocenters. The van der Waals surface area contributed by atoms with Crippen molar-refractivity contribution in [3.05, 3.63) is 45.4 Å². The Morgan fingerprint density at radius 2 is 2.10 bits per heavy atom. The molecule has 2 rings (SSSR count).